The summed E-state index contributed by atoms with van der Waals surface area (Å²) in [6, 6.07) is 0. The Morgan fingerprint density at radius 3 is 2.67 bits per heavy atom. The molecule has 0 bridgehead atoms. The molecule has 0 saturated heterocycles. The van der Waals surface area contributed by atoms with Gasteiger partial charge < -0.3 is 4.74 Å². The van der Waals surface area contributed by atoms with Gasteiger partial charge in [0.1, 0.15) is 0 Å². The summed E-state index contributed by atoms with van der Waals surface area (Å²) in [5.41, 5.74) is 0.975. The summed E-state index contributed by atoms with van der Waals surface area (Å²) in [7, 11) is 0. The summed E-state index contributed by atoms with van der Waals surface area (Å²) in [6.45, 7) is 9.73. The summed E-state index contributed by atoms with van der Waals surface area (Å²) in [5, 5.41) is 0. The molecule has 0 saturated carbocycles. The van der Waals surface area contributed by atoms with Crippen molar-refractivity contribution >= 4 is 5.97 Å². The Balaban J connectivity index is 4.14. The first kappa shape index (κ1) is 11.0. The minimum Gasteiger partial charge on any atom is -0.463 e. The highest BCUT2D eigenvalue weighted by Gasteiger charge is 2.02. The van der Waals surface area contributed by atoms with Gasteiger partial charge in [0.25, 0.3) is 0 Å². The lowest BCUT2D eigenvalue weighted by Crippen LogP contribution is -2.02. The number of hydrogen-bond acceptors (Lipinski definition) is 2. The summed E-state index contributed by atoms with van der Waals surface area (Å²) < 4.78 is 4.76. The quantitative estimate of drug-likeness (QED) is 0.366. The zero-order valence-electron chi connectivity index (χ0n) is 7.96. The van der Waals surface area contributed by atoms with Crippen LogP contribution in [0, 0.1) is 5.92 Å². The second-order valence-corrected chi connectivity index (χ2v) is 2.66. The fraction of sp³-hybridized carbons (Fsp3) is 0.500. The van der Waals surface area contributed by atoms with Crippen LogP contribution < -0.4 is 0 Å². The Bertz CT molecular complexity index is 192. The Hall–Kier alpha value is -1.05. The summed E-state index contributed by atoms with van der Waals surface area (Å²) in [4.78, 5) is 10.9. The van der Waals surface area contributed by atoms with Crippen molar-refractivity contribution in [3.05, 3.63) is 24.3 Å². The highest BCUT2D eigenvalue weighted by Crippen LogP contribution is 2.09. The number of allylic oxidation sites excluding steroid dienone is 2. The first-order valence-electron chi connectivity index (χ1n) is 4.09. The van der Waals surface area contributed by atoms with Gasteiger partial charge in [-0.2, -0.15) is 0 Å². The van der Waals surface area contributed by atoms with Crippen LogP contribution >= 0.6 is 0 Å². The molecule has 0 unspecified atom stereocenters. The third kappa shape index (κ3) is 3.96. The van der Waals surface area contributed by atoms with Crippen molar-refractivity contribution in [3.63, 3.8) is 0 Å². The molecule has 0 aromatic carbocycles. The smallest absolute Gasteiger partial charge is 0.330 e. The van der Waals surface area contributed by atoms with E-state index in [-0.39, 0.29) is 11.9 Å². The van der Waals surface area contributed by atoms with Gasteiger partial charge in [0.05, 0.1) is 6.61 Å². The van der Waals surface area contributed by atoms with E-state index in [2.05, 4.69) is 6.58 Å². The number of esters is 1. The van der Waals surface area contributed by atoms with Crippen LogP contribution in [-0.4, -0.2) is 12.6 Å². The van der Waals surface area contributed by atoms with Gasteiger partial charge >= 0.3 is 5.97 Å². The zero-order chi connectivity index (χ0) is 9.56. The van der Waals surface area contributed by atoms with Gasteiger partial charge in [0, 0.05) is 6.08 Å². The Labute approximate surface area is 73.9 Å². The molecule has 0 heterocycles. The van der Waals surface area contributed by atoms with Crippen LogP contribution in [0.3, 0.4) is 0 Å². The molecule has 68 valence electrons. The maximum absolute atomic E-state index is 10.9. The summed E-state index contributed by atoms with van der Waals surface area (Å²) in [6.07, 6.45) is 3.31. The van der Waals surface area contributed by atoms with Crippen LogP contribution in [0.25, 0.3) is 0 Å². The molecule has 0 fully saturated rings. The molecule has 2 heteroatoms. The van der Waals surface area contributed by atoms with E-state index in [9.17, 15) is 4.79 Å². The van der Waals surface area contributed by atoms with E-state index in [1.807, 2.05) is 13.8 Å². The molecule has 0 N–H and O–H groups in total. The topological polar surface area (TPSA) is 26.3 Å². The molecule has 12 heavy (non-hydrogen) atoms. The molecular formula is C10H16O2. The SMILES string of the molecule is C=C[C@@H](C)/C(C)=C/C(=O)OCC. The van der Waals surface area contributed by atoms with E-state index >= 15 is 0 Å². The van der Waals surface area contributed by atoms with Gasteiger partial charge in [-0.25, -0.2) is 4.79 Å². The molecule has 0 amide bonds. The normalized spacial score (nSPS) is 13.8. The lowest BCUT2D eigenvalue weighted by molar-refractivity contribution is -0.137. The van der Waals surface area contributed by atoms with E-state index < -0.39 is 0 Å². The molecule has 0 aromatic heterocycles. The van der Waals surface area contributed by atoms with Crippen molar-refractivity contribution in [3.8, 4) is 0 Å². The molecule has 0 aliphatic carbocycles. The third-order valence-electron chi connectivity index (χ3n) is 1.70. The molecule has 0 aliphatic heterocycles. The van der Waals surface area contributed by atoms with Crippen molar-refractivity contribution in [2.45, 2.75) is 20.8 Å². The maximum Gasteiger partial charge on any atom is 0.330 e. The van der Waals surface area contributed by atoms with Crippen LogP contribution in [0.15, 0.2) is 24.3 Å². The van der Waals surface area contributed by atoms with Crippen molar-refractivity contribution in [1.82, 2.24) is 0 Å². The highest BCUT2D eigenvalue weighted by molar-refractivity contribution is 5.82. The van der Waals surface area contributed by atoms with Crippen LogP contribution in [-0.2, 0) is 9.53 Å². The van der Waals surface area contributed by atoms with Crippen LogP contribution in [0.2, 0.25) is 0 Å². The number of hydrogen-bond donors (Lipinski definition) is 0. The molecule has 0 aliphatic rings. The third-order valence-corrected chi connectivity index (χ3v) is 1.70. The number of carbonyl (C=O) groups is 1. The fourth-order valence-electron chi connectivity index (χ4n) is 0.687. The first-order valence-corrected chi connectivity index (χ1v) is 4.09. The molecular weight excluding hydrogens is 152 g/mol. The van der Waals surface area contributed by atoms with Gasteiger partial charge in [0.15, 0.2) is 0 Å². The van der Waals surface area contributed by atoms with E-state index in [1.165, 1.54) is 6.08 Å². The first-order chi connectivity index (χ1) is 5.61. The molecule has 0 rings (SSSR count). The number of carbonyl (C=O) groups excluding carboxylic acids is 1. The van der Waals surface area contributed by atoms with Crippen LogP contribution in [0.4, 0.5) is 0 Å². The van der Waals surface area contributed by atoms with Crippen LogP contribution in [0.1, 0.15) is 20.8 Å². The predicted octanol–water partition coefficient (Wildman–Crippen LogP) is 2.32. The van der Waals surface area contributed by atoms with Crippen molar-refractivity contribution in [1.29, 1.82) is 0 Å². The molecule has 0 spiro atoms. The summed E-state index contributed by atoms with van der Waals surface area (Å²) >= 11 is 0. The van der Waals surface area contributed by atoms with Gasteiger partial charge in [0.2, 0.25) is 0 Å². The van der Waals surface area contributed by atoms with Gasteiger partial charge in [-0.1, -0.05) is 18.6 Å². The standard InChI is InChI=1S/C10H16O2/c1-5-8(3)9(4)7-10(11)12-6-2/h5,7-8H,1,6H2,2-4H3/b9-7+/t8-/m1/s1. The average Bonchev–Trinajstić information content (AvgIpc) is 2.03. The Morgan fingerprint density at radius 2 is 2.25 bits per heavy atom. The Morgan fingerprint density at radius 1 is 1.67 bits per heavy atom. The summed E-state index contributed by atoms with van der Waals surface area (Å²) in [5.74, 6) is -0.0434. The average molecular weight is 168 g/mol. The van der Waals surface area contributed by atoms with Gasteiger partial charge in [-0.15, -0.1) is 6.58 Å². The largest absolute Gasteiger partial charge is 0.463 e. The Kier molecular flexibility index (Phi) is 5.09. The van der Waals surface area contributed by atoms with E-state index in [0.717, 1.165) is 5.57 Å². The van der Waals surface area contributed by atoms with E-state index in [1.54, 1.807) is 13.0 Å². The van der Waals surface area contributed by atoms with Gasteiger partial charge in [-0.05, 0) is 19.8 Å². The second-order valence-electron chi connectivity index (χ2n) is 2.66. The van der Waals surface area contributed by atoms with Gasteiger partial charge in [-0.3, -0.25) is 0 Å². The maximum atomic E-state index is 10.9. The second kappa shape index (κ2) is 5.58. The minimum absolute atomic E-state index is 0.231. The van der Waals surface area contributed by atoms with E-state index in [0.29, 0.717) is 6.61 Å². The lowest BCUT2D eigenvalue weighted by Gasteiger charge is -2.05. The minimum atomic E-state index is -0.274. The fourth-order valence-corrected chi connectivity index (χ4v) is 0.687. The predicted molar refractivity (Wildman–Crippen MR) is 49.8 cm³/mol. The van der Waals surface area contributed by atoms with Crippen molar-refractivity contribution < 1.29 is 9.53 Å². The monoisotopic (exact) mass is 168 g/mol. The van der Waals surface area contributed by atoms with Crippen molar-refractivity contribution in [2.75, 3.05) is 6.61 Å². The molecule has 0 aromatic rings. The van der Waals surface area contributed by atoms with E-state index in [4.69, 9.17) is 4.74 Å². The molecule has 1 atom stereocenters. The number of rotatable bonds is 4. The lowest BCUT2D eigenvalue weighted by atomic mass is 10.0. The van der Waals surface area contributed by atoms with Crippen molar-refractivity contribution in [2.24, 2.45) is 5.92 Å². The number of ether oxygens (including phenoxy) is 1. The molecule has 2 nitrogen and oxygen atoms in total. The van der Waals surface area contributed by atoms with Crippen LogP contribution in [0.5, 0.6) is 0 Å². The molecule has 0 radical (unpaired) electrons. The highest BCUT2D eigenvalue weighted by atomic mass is 16.5. The zero-order valence-corrected chi connectivity index (χ0v) is 7.96.